The molecule has 0 unspecified atom stereocenters. The van der Waals surface area contributed by atoms with Crippen LogP contribution in [0.15, 0.2) is 47.1 Å². The van der Waals surface area contributed by atoms with Gasteiger partial charge in [0.25, 0.3) is 5.91 Å². The molecule has 1 aromatic heterocycles. The first kappa shape index (κ1) is 15.7. The molecule has 23 heavy (non-hydrogen) atoms. The van der Waals surface area contributed by atoms with Crippen molar-refractivity contribution in [3.63, 3.8) is 0 Å². The van der Waals surface area contributed by atoms with Crippen LogP contribution in [0.3, 0.4) is 0 Å². The Hall–Kier alpha value is -2.21. The molecule has 1 N–H and O–H groups in total. The van der Waals surface area contributed by atoms with Crippen LogP contribution < -0.4 is 5.32 Å². The van der Waals surface area contributed by atoms with Gasteiger partial charge in [0.2, 0.25) is 5.91 Å². The second-order valence-corrected chi connectivity index (χ2v) is 6.57. The third-order valence-corrected chi connectivity index (χ3v) is 4.98. The number of benzene rings is 1. The summed E-state index contributed by atoms with van der Waals surface area (Å²) in [7, 11) is 0. The SMILES string of the molecule is Cc1ccc([C@H]2SCCN2C(=O)CNC(=O)c2ccco2)cc1. The van der Waals surface area contributed by atoms with E-state index in [1.165, 1.54) is 11.8 Å². The van der Waals surface area contributed by atoms with Crippen LogP contribution in [0.1, 0.15) is 27.1 Å². The van der Waals surface area contributed by atoms with Crippen molar-refractivity contribution in [1.82, 2.24) is 10.2 Å². The highest BCUT2D eigenvalue weighted by Gasteiger charge is 2.30. The van der Waals surface area contributed by atoms with Gasteiger partial charge in [-0.05, 0) is 24.6 Å². The predicted octanol–water partition coefficient (Wildman–Crippen LogP) is 2.59. The highest BCUT2D eigenvalue weighted by Crippen LogP contribution is 2.37. The number of carbonyl (C=O) groups is 2. The number of hydrogen-bond donors (Lipinski definition) is 1. The number of rotatable bonds is 4. The molecular weight excluding hydrogens is 312 g/mol. The molecule has 1 aromatic carbocycles. The number of nitrogens with one attached hydrogen (secondary N) is 1. The van der Waals surface area contributed by atoms with Gasteiger partial charge in [0.15, 0.2) is 5.76 Å². The van der Waals surface area contributed by atoms with Crippen molar-refractivity contribution in [2.75, 3.05) is 18.8 Å². The van der Waals surface area contributed by atoms with E-state index in [1.54, 1.807) is 23.9 Å². The van der Waals surface area contributed by atoms with E-state index >= 15 is 0 Å². The van der Waals surface area contributed by atoms with Crippen molar-refractivity contribution in [3.8, 4) is 0 Å². The lowest BCUT2D eigenvalue weighted by Gasteiger charge is -2.24. The first-order valence-electron chi connectivity index (χ1n) is 7.44. The average Bonchev–Trinajstić information content (AvgIpc) is 3.24. The minimum atomic E-state index is -0.373. The summed E-state index contributed by atoms with van der Waals surface area (Å²) in [6, 6.07) is 11.4. The van der Waals surface area contributed by atoms with Crippen LogP contribution in [0, 0.1) is 6.92 Å². The van der Waals surface area contributed by atoms with E-state index in [-0.39, 0.29) is 29.5 Å². The van der Waals surface area contributed by atoms with Gasteiger partial charge in [0.1, 0.15) is 5.37 Å². The number of amides is 2. The minimum Gasteiger partial charge on any atom is -0.459 e. The fourth-order valence-electron chi connectivity index (χ4n) is 2.48. The third-order valence-electron chi connectivity index (χ3n) is 3.72. The van der Waals surface area contributed by atoms with E-state index in [9.17, 15) is 9.59 Å². The van der Waals surface area contributed by atoms with Gasteiger partial charge in [-0.25, -0.2) is 0 Å². The quantitative estimate of drug-likeness (QED) is 0.936. The van der Waals surface area contributed by atoms with E-state index in [4.69, 9.17) is 4.42 Å². The minimum absolute atomic E-state index is 0.0172. The molecule has 2 heterocycles. The first-order chi connectivity index (χ1) is 11.1. The van der Waals surface area contributed by atoms with E-state index in [0.29, 0.717) is 6.54 Å². The zero-order chi connectivity index (χ0) is 16.2. The Morgan fingerprint density at radius 2 is 2.09 bits per heavy atom. The molecule has 5 nitrogen and oxygen atoms in total. The van der Waals surface area contributed by atoms with Crippen molar-refractivity contribution in [1.29, 1.82) is 0 Å². The Labute approximate surface area is 139 Å². The lowest BCUT2D eigenvalue weighted by atomic mass is 10.1. The van der Waals surface area contributed by atoms with Crippen LogP contribution in [0.25, 0.3) is 0 Å². The molecule has 0 radical (unpaired) electrons. The summed E-state index contributed by atoms with van der Waals surface area (Å²) in [5.41, 5.74) is 2.31. The maximum atomic E-state index is 12.4. The fourth-order valence-corrected chi connectivity index (χ4v) is 3.76. The molecule has 1 atom stereocenters. The Bertz CT molecular complexity index is 682. The molecule has 2 aromatic rings. The standard InChI is InChI=1S/C17H18N2O3S/c1-12-4-6-13(7-5-12)17-19(8-10-23-17)15(20)11-18-16(21)14-3-2-9-22-14/h2-7,9,17H,8,10-11H2,1H3,(H,18,21)/t17-/m1/s1. The largest absolute Gasteiger partial charge is 0.459 e. The molecule has 0 bridgehead atoms. The molecule has 6 heteroatoms. The summed E-state index contributed by atoms with van der Waals surface area (Å²) < 4.78 is 5.01. The summed E-state index contributed by atoms with van der Waals surface area (Å²) in [5, 5.41) is 2.63. The van der Waals surface area contributed by atoms with Gasteiger partial charge < -0.3 is 14.6 Å². The number of aryl methyl sites for hydroxylation is 1. The van der Waals surface area contributed by atoms with Gasteiger partial charge in [0.05, 0.1) is 12.8 Å². The van der Waals surface area contributed by atoms with Crippen molar-refractivity contribution in [3.05, 3.63) is 59.5 Å². The molecule has 120 valence electrons. The Morgan fingerprint density at radius 1 is 1.30 bits per heavy atom. The normalized spacial score (nSPS) is 17.3. The van der Waals surface area contributed by atoms with Crippen LogP contribution in [-0.4, -0.2) is 35.6 Å². The molecule has 3 rings (SSSR count). The van der Waals surface area contributed by atoms with Gasteiger partial charge in [-0.2, -0.15) is 0 Å². The summed E-state index contributed by atoms with van der Waals surface area (Å²) in [6.45, 7) is 2.71. The van der Waals surface area contributed by atoms with Crippen LogP contribution in [0.2, 0.25) is 0 Å². The second kappa shape index (κ2) is 6.91. The van der Waals surface area contributed by atoms with Gasteiger partial charge >= 0.3 is 0 Å². The summed E-state index contributed by atoms with van der Waals surface area (Å²) in [5.74, 6) is 0.655. The van der Waals surface area contributed by atoms with Gasteiger partial charge in [-0.3, -0.25) is 9.59 Å². The third kappa shape index (κ3) is 3.59. The van der Waals surface area contributed by atoms with E-state index in [1.807, 2.05) is 11.8 Å². The summed E-state index contributed by atoms with van der Waals surface area (Å²) >= 11 is 1.74. The van der Waals surface area contributed by atoms with Gasteiger partial charge in [0, 0.05) is 12.3 Å². The fraction of sp³-hybridized carbons (Fsp3) is 0.294. The zero-order valence-electron chi connectivity index (χ0n) is 12.8. The highest BCUT2D eigenvalue weighted by molar-refractivity contribution is 7.99. The molecule has 1 fully saturated rings. The predicted molar refractivity (Wildman–Crippen MR) is 89.1 cm³/mol. The summed E-state index contributed by atoms with van der Waals surface area (Å²) in [4.78, 5) is 26.1. The number of carbonyl (C=O) groups excluding carboxylic acids is 2. The lowest BCUT2D eigenvalue weighted by Crippen LogP contribution is -2.39. The summed E-state index contributed by atoms with van der Waals surface area (Å²) in [6.07, 6.45) is 1.43. The van der Waals surface area contributed by atoms with Crippen LogP contribution >= 0.6 is 11.8 Å². The molecule has 0 saturated carbocycles. The van der Waals surface area contributed by atoms with E-state index in [2.05, 4.69) is 29.6 Å². The molecular formula is C17H18N2O3S. The van der Waals surface area contributed by atoms with Crippen LogP contribution in [0.4, 0.5) is 0 Å². The van der Waals surface area contributed by atoms with Gasteiger partial charge in [-0.15, -0.1) is 11.8 Å². The van der Waals surface area contributed by atoms with Crippen LogP contribution in [-0.2, 0) is 4.79 Å². The zero-order valence-corrected chi connectivity index (χ0v) is 13.6. The number of hydrogen-bond acceptors (Lipinski definition) is 4. The Balaban J connectivity index is 1.62. The maximum absolute atomic E-state index is 12.4. The molecule has 2 amide bonds. The molecule has 0 spiro atoms. The first-order valence-corrected chi connectivity index (χ1v) is 8.49. The van der Waals surface area contributed by atoms with Crippen molar-refractivity contribution >= 4 is 23.6 Å². The van der Waals surface area contributed by atoms with Crippen molar-refractivity contribution in [2.24, 2.45) is 0 Å². The number of furan rings is 1. The monoisotopic (exact) mass is 330 g/mol. The van der Waals surface area contributed by atoms with Crippen molar-refractivity contribution in [2.45, 2.75) is 12.3 Å². The van der Waals surface area contributed by atoms with Crippen LogP contribution in [0.5, 0.6) is 0 Å². The Morgan fingerprint density at radius 3 is 2.78 bits per heavy atom. The lowest BCUT2D eigenvalue weighted by molar-refractivity contribution is -0.130. The number of thioether (sulfide) groups is 1. The number of nitrogens with zero attached hydrogens (tertiary/aromatic N) is 1. The van der Waals surface area contributed by atoms with E-state index in [0.717, 1.165) is 11.3 Å². The average molecular weight is 330 g/mol. The maximum Gasteiger partial charge on any atom is 0.287 e. The molecule has 1 aliphatic heterocycles. The highest BCUT2D eigenvalue weighted by atomic mass is 32.2. The molecule has 1 aliphatic rings. The molecule has 1 saturated heterocycles. The molecule has 0 aliphatic carbocycles. The van der Waals surface area contributed by atoms with Gasteiger partial charge in [-0.1, -0.05) is 29.8 Å². The Kier molecular flexibility index (Phi) is 4.71. The topological polar surface area (TPSA) is 62.6 Å². The second-order valence-electron chi connectivity index (χ2n) is 5.38. The van der Waals surface area contributed by atoms with E-state index < -0.39 is 0 Å². The smallest absolute Gasteiger partial charge is 0.287 e. The van der Waals surface area contributed by atoms with Crippen molar-refractivity contribution < 1.29 is 14.0 Å².